The van der Waals surface area contributed by atoms with Crippen molar-refractivity contribution in [2.45, 2.75) is 44.6 Å². The van der Waals surface area contributed by atoms with Crippen molar-refractivity contribution < 1.29 is 18.3 Å². The fraction of sp³-hybridized carbons (Fsp3) is 0.500. The van der Waals surface area contributed by atoms with Gasteiger partial charge < -0.3 is 10.4 Å². The summed E-state index contributed by atoms with van der Waals surface area (Å²) < 4.78 is 27.4. The first kappa shape index (κ1) is 17.5. The molecule has 0 saturated heterocycles. The minimum atomic E-state index is -3.76. The number of sulfonamides is 1. The van der Waals surface area contributed by atoms with Crippen LogP contribution in [0, 0.1) is 0 Å². The number of carboxylic acid groups (broad SMARTS) is 1. The van der Waals surface area contributed by atoms with Gasteiger partial charge in [-0.1, -0.05) is 13.8 Å². The molecule has 0 saturated carbocycles. The summed E-state index contributed by atoms with van der Waals surface area (Å²) in [7, 11) is -3.76. The molecule has 0 heterocycles. The molecule has 0 unspecified atom stereocenters. The molecule has 1 atom stereocenters. The average Bonchev–Trinajstić information content (AvgIpc) is 2.44. The molecule has 0 spiro atoms. The third kappa shape index (κ3) is 4.71. The standard InChI is InChI=1S/C14H22N2O4S/c1-4-8-15-12-7-6-11(14(17)18)9-13(12)21(19,20)16-10(3)5-2/h6-7,9-10,15-16H,4-5,8H2,1-3H3,(H,17,18)/t10-/m1/s1. The van der Waals surface area contributed by atoms with Crippen molar-refractivity contribution in [3.8, 4) is 0 Å². The summed E-state index contributed by atoms with van der Waals surface area (Å²) in [5, 5.41) is 12.0. The maximum atomic E-state index is 12.4. The molecule has 3 N–H and O–H groups in total. The van der Waals surface area contributed by atoms with Gasteiger partial charge in [0, 0.05) is 12.6 Å². The Bertz CT molecular complexity index is 599. The Kier molecular flexibility index (Phi) is 6.17. The first-order chi connectivity index (χ1) is 9.81. The lowest BCUT2D eigenvalue weighted by Gasteiger charge is -2.16. The highest BCUT2D eigenvalue weighted by molar-refractivity contribution is 7.89. The molecule has 1 aromatic carbocycles. The molecule has 0 aliphatic rings. The molecule has 0 amide bonds. The second-order valence-corrected chi connectivity index (χ2v) is 6.56. The van der Waals surface area contributed by atoms with Crippen molar-refractivity contribution in [3.05, 3.63) is 23.8 Å². The highest BCUT2D eigenvalue weighted by atomic mass is 32.2. The van der Waals surface area contributed by atoms with E-state index in [-0.39, 0.29) is 16.5 Å². The molecule has 1 rings (SSSR count). The first-order valence-corrected chi connectivity index (χ1v) is 8.43. The van der Waals surface area contributed by atoms with Crippen molar-refractivity contribution in [3.63, 3.8) is 0 Å². The van der Waals surface area contributed by atoms with Gasteiger partial charge in [0.1, 0.15) is 4.90 Å². The Labute approximate surface area is 125 Å². The normalized spacial score (nSPS) is 12.9. The monoisotopic (exact) mass is 314 g/mol. The SMILES string of the molecule is CCCNc1ccc(C(=O)O)cc1S(=O)(=O)N[C@H](C)CC. The fourth-order valence-electron chi connectivity index (χ4n) is 1.70. The molecule has 0 fully saturated rings. The fourth-order valence-corrected chi connectivity index (χ4v) is 3.23. The number of rotatable bonds is 8. The topological polar surface area (TPSA) is 95.5 Å². The van der Waals surface area contributed by atoms with Gasteiger partial charge in [0.25, 0.3) is 0 Å². The third-order valence-electron chi connectivity index (χ3n) is 3.05. The van der Waals surface area contributed by atoms with E-state index in [2.05, 4.69) is 10.0 Å². The molecular formula is C14H22N2O4S. The summed E-state index contributed by atoms with van der Waals surface area (Å²) >= 11 is 0. The Morgan fingerprint density at radius 3 is 2.52 bits per heavy atom. The number of hydrogen-bond donors (Lipinski definition) is 3. The summed E-state index contributed by atoms with van der Waals surface area (Å²) in [4.78, 5) is 11.0. The largest absolute Gasteiger partial charge is 0.478 e. The van der Waals surface area contributed by atoms with Crippen molar-refractivity contribution >= 4 is 21.7 Å². The first-order valence-electron chi connectivity index (χ1n) is 6.95. The maximum Gasteiger partial charge on any atom is 0.335 e. The predicted octanol–water partition coefficient (Wildman–Crippen LogP) is 2.28. The van der Waals surface area contributed by atoms with Gasteiger partial charge in [-0.05, 0) is 38.0 Å². The number of hydrogen-bond acceptors (Lipinski definition) is 4. The zero-order chi connectivity index (χ0) is 16.0. The van der Waals surface area contributed by atoms with Gasteiger partial charge in [0.2, 0.25) is 10.0 Å². The zero-order valence-electron chi connectivity index (χ0n) is 12.5. The Balaban J connectivity index is 3.27. The van der Waals surface area contributed by atoms with Crippen LogP contribution in [-0.2, 0) is 10.0 Å². The number of aromatic carboxylic acids is 1. The molecule has 0 bridgehead atoms. The van der Waals surface area contributed by atoms with Gasteiger partial charge in [-0.15, -0.1) is 0 Å². The van der Waals surface area contributed by atoms with Crippen LogP contribution in [0.2, 0.25) is 0 Å². The summed E-state index contributed by atoms with van der Waals surface area (Å²) in [5.41, 5.74) is 0.360. The van der Waals surface area contributed by atoms with Crippen LogP contribution in [0.5, 0.6) is 0 Å². The van der Waals surface area contributed by atoms with Crippen LogP contribution in [0.4, 0.5) is 5.69 Å². The van der Waals surface area contributed by atoms with E-state index >= 15 is 0 Å². The van der Waals surface area contributed by atoms with Crippen LogP contribution in [-0.4, -0.2) is 32.1 Å². The number of benzene rings is 1. The molecule has 6 nitrogen and oxygen atoms in total. The van der Waals surface area contributed by atoms with Gasteiger partial charge in [-0.3, -0.25) is 0 Å². The van der Waals surface area contributed by atoms with E-state index in [4.69, 9.17) is 5.11 Å². The third-order valence-corrected chi connectivity index (χ3v) is 4.68. The van der Waals surface area contributed by atoms with E-state index < -0.39 is 16.0 Å². The molecular weight excluding hydrogens is 292 g/mol. The van der Waals surface area contributed by atoms with Gasteiger partial charge in [0.15, 0.2) is 0 Å². The van der Waals surface area contributed by atoms with Crippen LogP contribution in [0.25, 0.3) is 0 Å². The van der Waals surface area contributed by atoms with Crippen LogP contribution in [0.1, 0.15) is 44.0 Å². The summed E-state index contributed by atoms with van der Waals surface area (Å²) in [6.07, 6.45) is 1.48. The molecule has 0 radical (unpaired) electrons. The van der Waals surface area contributed by atoms with E-state index in [1.807, 2.05) is 13.8 Å². The molecule has 0 aliphatic carbocycles. The lowest BCUT2D eigenvalue weighted by atomic mass is 10.2. The zero-order valence-corrected chi connectivity index (χ0v) is 13.3. The Morgan fingerprint density at radius 1 is 1.33 bits per heavy atom. The van der Waals surface area contributed by atoms with E-state index in [0.29, 0.717) is 18.7 Å². The van der Waals surface area contributed by atoms with Crippen molar-refractivity contribution in [1.29, 1.82) is 0 Å². The Hall–Kier alpha value is -1.60. The minimum Gasteiger partial charge on any atom is -0.478 e. The smallest absolute Gasteiger partial charge is 0.335 e. The minimum absolute atomic E-state index is 0.0313. The number of carboxylic acids is 1. The molecule has 7 heteroatoms. The van der Waals surface area contributed by atoms with Gasteiger partial charge >= 0.3 is 5.97 Å². The van der Waals surface area contributed by atoms with E-state index in [1.165, 1.54) is 18.2 Å². The second-order valence-electron chi connectivity index (χ2n) is 4.87. The van der Waals surface area contributed by atoms with Gasteiger partial charge in [0.05, 0.1) is 11.3 Å². The number of carbonyl (C=O) groups is 1. The quantitative estimate of drug-likeness (QED) is 0.684. The van der Waals surface area contributed by atoms with E-state index in [1.54, 1.807) is 6.92 Å². The van der Waals surface area contributed by atoms with Crippen molar-refractivity contribution in [2.24, 2.45) is 0 Å². The average molecular weight is 314 g/mol. The van der Waals surface area contributed by atoms with E-state index in [9.17, 15) is 13.2 Å². The molecule has 118 valence electrons. The predicted molar refractivity (Wildman–Crippen MR) is 82.3 cm³/mol. The van der Waals surface area contributed by atoms with Crippen LogP contribution in [0.3, 0.4) is 0 Å². The van der Waals surface area contributed by atoms with Gasteiger partial charge in [-0.25, -0.2) is 17.9 Å². The molecule has 0 aliphatic heterocycles. The summed E-state index contributed by atoms with van der Waals surface area (Å²) in [5.74, 6) is -1.16. The summed E-state index contributed by atoms with van der Waals surface area (Å²) in [6, 6.07) is 3.85. The number of anilines is 1. The maximum absolute atomic E-state index is 12.4. The van der Waals surface area contributed by atoms with Gasteiger partial charge in [-0.2, -0.15) is 0 Å². The van der Waals surface area contributed by atoms with Crippen molar-refractivity contribution in [1.82, 2.24) is 4.72 Å². The van der Waals surface area contributed by atoms with Crippen LogP contribution < -0.4 is 10.0 Å². The number of nitrogens with one attached hydrogen (secondary N) is 2. The van der Waals surface area contributed by atoms with Crippen molar-refractivity contribution in [2.75, 3.05) is 11.9 Å². The van der Waals surface area contributed by atoms with Crippen LogP contribution >= 0.6 is 0 Å². The van der Waals surface area contributed by atoms with Crippen LogP contribution in [0.15, 0.2) is 23.1 Å². The summed E-state index contributed by atoms with van der Waals surface area (Å²) in [6.45, 7) is 6.21. The lowest BCUT2D eigenvalue weighted by molar-refractivity contribution is 0.0696. The highest BCUT2D eigenvalue weighted by Gasteiger charge is 2.22. The lowest BCUT2D eigenvalue weighted by Crippen LogP contribution is -2.32. The Morgan fingerprint density at radius 2 is 2.00 bits per heavy atom. The molecule has 1 aromatic rings. The highest BCUT2D eigenvalue weighted by Crippen LogP contribution is 2.23. The molecule has 0 aromatic heterocycles. The van der Waals surface area contributed by atoms with E-state index in [0.717, 1.165) is 6.42 Å². The molecule has 21 heavy (non-hydrogen) atoms. The second kappa shape index (κ2) is 7.42.